The number of hydrogen-bond donors (Lipinski definition) is 0. The first kappa shape index (κ1) is 9.78. The minimum Gasteiger partial charge on any atom is -0.458 e. The van der Waals surface area contributed by atoms with E-state index in [1.165, 1.54) is 6.92 Å². The van der Waals surface area contributed by atoms with E-state index in [9.17, 15) is 4.79 Å². The number of hydrogen-bond acceptors (Lipinski definition) is 2. The summed E-state index contributed by atoms with van der Waals surface area (Å²) < 4.78 is 5.08. The van der Waals surface area contributed by atoms with Crippen LogP contribution in [0, 0.1) is 6.92 Å². The van der Waals surface area contributed by atoms with E-state index in [2.05, 4.69) is 0 Å². The van der Waals surface area contributed by atoms with Gasteiger partial charge in [0.15, 0.2) is 0 Å². The van der Waals surface area contributed by atoms with Gasteiger partial charge >= 0.3 is 5.97 Å². The van der Waals surface area contributed by atoms with Gasteiger partial charge in [-0.3, -0.25) is 4.79 Å². The van der Waals surface area contributed by atoms with Gasteiger partial charge in [0.1, 0.15) is 6.10 Å². The van der Waals surface area contributed by atoms with Gasteiger partial charge in [0.2, 0.25) is 0 Å². The summed E-state index contributed by atoms with van der Waals surface area (Å²) in [5.41, 5.74) is 2.22. The third kappa shape index (κ3) is 2.58. The van der Waals surface area contributed by atoms with Gasteiger partial charge in [-0.1, -0.05) is 24.3 Å². The molecule has 0 saturated heterocycles. The van der Waals surface area contributed by atoms with E-state index >= 15 is 0 Å². The SMILES string of the molecule is CC(=O)OC(C)c1ccccc1C. The molecule has 0 aromatic heterocycles. The molecule has 1 rings (SSSR count). The quantitative estimate of drug-likeness (QED) is 0.651. The predicted octanol–water partition coefficient (Wildman–Crippen LogP) is 2.62. The highest BCUT2D eigenvalue weighted by Crippen LogP contribution is 2.19. The van der Waals surface area contributed by atoms with Crippen LogP contribution in [0.1, 0.15) is 31.1 Å². The molecule has 1 aromatic carbocycles. The van der Waals surface area contributed by atoms with Crippen LogP contribution in [-0.2, 0) is 9.53 Å². The second-order valence-corrected chi connectivity index (χ2v) is 3.11. The van der Waals surface area contributed by atoms with Crippen LogP contribution < -0.4 is 0 Å². The van der Waals surface area contributed by atoms with Crippen molar-refractivity contribution >= 4 is 5.97 Å². The molecule has 1 aromatic rings. The molecule has 0 radical (unpaired) electrons. The topological polar surface area (TPSA) is 26.3 Å². The third-order valence-corrected chi connectivity index (χ3v) is 1.97. The molecule has 1 unspecified atom stereocenters. The predicted molar refractivity (Wildman–Crippen MR) is 51.4 cm³/mol. The molecule has 0 saturated carbocycles. The molecule has 70 valence electrons. The average molecular weight is 178 g/mol. The van der Waals surface area contributed by atoms with E-state index in [-0.39, 0.29) is 12.1 Å². The molecule has 0 spiro atoms. The lowest BCUT2D eigenvalue weighted by molar-refractivity contribution is -0.145. The number of carbonyl (C=O) groups excluding carboxylic acids is 1. The second-order valence-electron chi connectivity index (χ2n) is 3.11. The number of aryl methyl sites for hydroxylation is 1. The summed E-state index contributed by atoms with van der Waals surface area (Å²) in [5.74, 6) is -0.240. The molecule has 0 bridgehead atoms. The van der Waals surface area contributed by atoms with Crippen LogP contribution in [0.5, 0.6) is 0 Å². The number of rotatable bonds is 2. The van der Waals surface area contributed by atoms with E-state index in [1.54, 1.807) is 0 Å². The number of carbonyl (C=O) groups is 1. The van der Waals surface area contributed by atoms with Crippen molar-refractivity contribution in [2.24, 2.45) is 0 Å². The Morgan fingerprint density at radius 2 is 2.00 bits per heavy atom. The molecule has 1 atom stereocenters. The normalized spacial score (nSPS) is 12.2. The van der Waals surface area contributed by atoms with Crippen molar-refractivity contribution in [1.82, 2.24) is 0 Å². The molecular formula is C11H14O2. The van der Waals surface area contributed by atoms with Gasteiger partial charge in [-0.2, -0.15) is 0 Å². The largest absolute Gasteiger partial charge is 0.458 e. The van der Waals surface area contributed by atoms with Crippen molar-refractivity contribution in [2.75, 3.05) is 0 Å². The van der Waals surface area contributed by atoms with Crippen molar-refractivity contribution in [3.8, 4) is 0 Å². The van der Waals surface area contributed by atoms with E-state index in [1.807, 2.05) is 38.1 Å². The highest BCUT2D eigenvalue weighted by molar-refractivity contribution is 5.66. The third-order valence-electron chi connectivity index (χ3n) is 1.97. The Morgan fingerprint density at radius 1 is 1.38 bits per heavy atom. The molecule has 0 aliphatic carbocycles. The maximum Gasteiger partial charge on any atom is 0.303 e. The standard InChI is InChI=1S/C11H14O2/c1-8-6-4-5-7-11(8)9(2)13-10(3)12/h4-7,9H,1-3H3. The molecule has 2 heteroatoms. The summed E-state index contributed by atoms with van der Waals surface area (Å²) in [7, 11) is 0. The monoisotopic (exact) mass is 178 g/mol. The van der Waals surface area contributed by atoms with Crippen LogP contribution in [-0.4, -0.2) is 5.97 Å². The van der Waals surface area contributed by atoms with E-state index < -0.39 is 0 Å². The summed E-state index contributed by atoms with van der Waals surface area (Å²) in [6.45, 7) is 5.31. The Bertz CT molecular complexity index is 305. The molecule has 2 nitrogen and oxygen atoms in total. The van der Waals surface area contributed by atoms with E-state index in [4.69, 9.17) is 4.74 Å². The molecular weight excluding hydrogens is 164 g/mol. The maximum atomic E-state index is 10.7. The minimum atomic E-state index is -0.240. The molecule has 0 fully saturated rings. The van der Waals surface area contributed by atoms with Crippen LogP contribution in [0.15, 0.2) is 24.3 Å². The first-order valence-electron chi connectivity index (χ1n) is 4.34. The summed E-state index contributed by atoms with van der Waals surface area (Å²) in [5, 5.41) is 0. The van der Waals surface area contributed by atoms with Crippen molar-refractivity contribution in [2.45, 2.75) is 26.9 Å². The Kier molecular flexibility index (Phi) is 3.07. The number of benzene rings is 1. The number of esters is 1. The Labute approximate surface area is 78.5 Å². The van der Waals surface area contributed by atoms with Crippen molar-refractivity contribution < 1.29 is 9.53 Å². The molecule has 0 aliphatic rings. The van der Waals surface area contributed by atoms with Crippen LogP contribution in [0.4, 0.5) is 0 Å². The molecule has 13 heavy (non-hydrogen) atoms. The Hall–Kier alpha value is -1.31. The molecule has 0 amide bonds. The first-order valence-corrected chi connectivity index (χ1v) is 4.34. The summed E-state index contributed by atoms with van der Waals surface area (Å²) in [6.07, 6.45) is -0.154. The lowest BCUT2D eigenvalue weighted by Crippen LogP contribution is -2.05. The maximum absolute atomic E-state index is 10.7. The lowest BCUT2D eigenvalue weighted by atomic mass is 10.0. The second kappa shape index (κ2) is 4.08. The Balaban J connectivity index is 2.82. The Morgan fingerprint density at radius 3 is 2.54 bits per heavy atom. The van der Waals surface area contributed by atoms with Gasteiger partial charge in [0.05, 0.1) is 0 Å². The summed E-state index contributed by atoms with van der Waals surface area (Å²) in [6, 6.07) is 7.90. The van der Waals surface area contributed by atoms with E-state index in [0.29, 0.717) is 0 Å². The smallest absolute Gasteiger partial charge is 0.303 e. The highest BCUT2D eigenvalue weighted by atomic mass is 16.5. The zero-order valence-electron chi connectivity index (χ0n) is 8.20. The minimum absolute atomic E-state index is 0.154. The molecule has 0 aliphatic heterocycles. The van der Waals surface area contributed by atoms with Crippen molar-refractivity contribution in [1.29, 1.82) is 0 Å². The van der Waals surface area contributed by atoms with Gasteiger partial charge in [0.25, 0.3) is 0 Å². The summed E-state index contributed by atoms with van der Waals surface area (Å²) >= 11 is 0. The van der Waals surface area contributed by atoms with Gasteiger partial charge in [-0.05, 0) is 25.0 Å². The lowest BCUT2D eigenvalue weighted by Gasteiger charge is -2.14. The van der Waals surface area contributed by atoms with Gasteiger partial charge in [0, 0.05) is 6.92 Å². The van der Waals surface area contributed by atoms with Gasteiger partial charge in [-0.15, -0.1) is 0 Å². The van der Waals surface area contributed by atoms with Crippen molar-refractivity contribution in [3.05, 3.63) is 35.4 Å². The highest BCUT2D eigenvalue weighted by Gasteiger charge is 2.09. The first-order chi connectivity index (χ1) is 6.11. The summed E-state index contributed by atoms with van der Waals surface area (Å²) in [4.78, 5) is 10.7. The molecule has 0 N–H and O–H groups in total. The van der Waals surface area contributed by atoms with Crippen LogP contribution >= 0.6 is 0 Å². The fourth-order valence-corrected chi connectivity index (χ4v) is 1.36. The zero-order chi connectivity index (χ0) is 9.84. The van der Waals surface area contributed by atoms with E-state index in [0.717, 1.165) is 11.1 Å². The average Bonchev–Trinajstić information content (AvgIpc) is 2.03. The van der Waals surface area contributed by atoms with Gasteiger partial charge < -0.3 is 4.74 Å². The van der Waals surface area contributed by atoms with Crippen LogP contribution in [0.2, 0.25) is 0 Å². The van der Waals surface area contributed by atoms with Crippen LogP contribution in [0.3, 0.4) is 0 Å². The number of ether oxygens (including phenoxy) is 1. The van der Waals surface area contributed by atoms with Crippen LogP contribution in [0.25, 0.3) is 0 Å². The molecule has 0 heterocycles. The fourth-order valence-electron chi connectivity index (χ4n) is 1.36. The zero-order valence-corrected chi connectivity index (χ0v) is 8.20. The fraction of sp³-hybridized carbons (Fsp3) is 0.364. The van der Waals surface area contributed by atoms with Crippen molar-refractivity contribution in [3.63, 3.8) is 0 Å². The van der Waals surface area contributed by atoms with Gasteiger partial charge in [-0.25, -0.2) is 0 Å².